The lowest BCUT2D eigenvalue weighted by Crippen LogP contribution is -2.42. The van der Waals surface area contributed by atoms with Crippen LogP contribution in [0.3, 0.4) is 0 Å². The second-order valence-corrected chi connectivity index (χ2v) is 6.79. The third-order valence-electron chi connectivity index (χ3n) is 4.40. The van der Waals surface area contributed by atoms with E-state index in [0.29, 0.717) is 0 Å². The molecule has 0 fully saturated rings. The van der Waals surface area contributed by atoms with E-state index in [4.69, 9.17) is 14.2 Å². The second-order valence-electron chi connectivity index (χ2n) is 5.88. The number of halogens is 1. The number of methoxy groups -OCH3 is 3. The highest BCUT2D eigenvalue weighted by molar-refractivity contribution is 9.10. The van der Waals surface area contributed by atoms with Crippen LogP contribution in [0, 0.1) is 0 Å². The monoisotopic (exact) mass is 386 g/mol. The van der Waals surface area contributed by atoms with Gasteiger partial charge in [-0.2, -0.15) is 0 Å². The molecule has 0 N–H and O–H groups in total. The number of rotatable bonds is 12. The molecular formula is C19H31BrO3. The average molecular weight is 387 g/mol. The predicted octanol–water partition coefficient (Wildman–Crippen LogP) is 5.88. The van der Waals surface area contributed by atoms with Crippen LogP contribution in [-0.4, -0.2) is 27.3 Å². The Morgan fingerprint density at radius 1 is 0.870 bits per heavy atom. The van der Waals surface area contributed by atoms with Crippen LogP contribution in [0.4, 0.5) is 0 Å². The van der Waals surface area contributed by atoms with E-state index < -0.39 is 5.97 Å². The highest BCUT2D eigenvalue weighted by Gasteiger charge is 2.40. The zero-order valence-corrected chi connectivity index (χ0v) is 16.5. The number of hydrogen-bond acceptors (Lipinski definition) is 3. The summed E-state index contributed by atoms with van der Waals surface area (Å²) in [5.41, 5.74) is 1.17. The molecule has 0 saturated heterocycles. The Balaban J connectivity index is 2.78. The summed E-state index contributed by atoms with van der Waals surface area (Å²) < 4.78 is 17.9. The zero-order valence-electron chi connectivity index (χ0n) is 14.9. The Morgan fingerprint density at radius 2 is 1.39 bits per heavy atom. The van der Waals surface area contributed by atoms with E-state index in [0.717, 1.165) is 17.3 Å². The first-order valence-electron chi connectivity index (χ1n) is 8.54. The Labute approximate surface area is 149 Å². The molecule has 0 bridgehead atoms. The zero-order chi connectivity index (χ0) is 17.1. The maximum Gasteiger partial charge on any atom is 0.289 e. The fourth-order valence-electron chi connectivity index (χ4n) is 3.05. The van der Waals surface area contributed by atoms with E-state index in [9.17, 15) is 0 Å². The van der Waals surface area contributed by atoms with Gasteiger partial charge in [0.05, 0.1) is 5.92 Å². The first-order chi connectivity index (χ1) is 11.1. The van der Waals surface area contributed by atoms with Gasteiger partial charge in [-0.1, -0.05) is 73.5 Å². The van der Waals surface area contributed by atoms with Crippen LogP contribution in [0.1, 0.15) is 63.4 Å². The first-order valence-corrected chi connectivity index (χ1v) is 9.33. The van der Waals surface area contributed by atoms with E-state index in [1.54, 1.807) is 21.3 Å². The molecular weight excluding hydrogens is 356 g/mol. The smallest absolute Gasteiger partial charge is 0.289 e. The molecule has 23 heavy (non-hydrogen) atoms. The summed E-state index contributed by atoms with van der Waals surface area (Å²) in [5.74, 6) is -0.987. The minimum Gasteiger partial charge on any atom is -0.330 e. The van der Waals surface area contributed by atoms with Crippen molar-refractivity contribution in [3.05, 3.63) is 34.3 Å². The summed E-state index contributed by atoms with van der Waals surface area (Å²) in [6.45, 7) is 2.24. The molecule has 0 saturated carbocycles. The average Bonchev–Trinajstić information content (AvgIpc) is 2.59. The summed E-state index contributed by atoms with van der Waals surface area (Å²) >= 11 is 3.49. The molecule has 1 atom stereocenters. The van der Waals surface area contributed by atoms with Crippen LogP contribution in [-0.2, 0) is 14.2 Å². The van der Waals surface area contributed by atoms with Crippen molar-refractivity contribution in [2.75, 3.05) is 21.3 Å². The van der Waals surface area contributed by atoms with E-state index in [1.807, 2.05) is 0 Å². The molecule has 1 aromatic carbocycles. The molecule has 132 valence electrons. The topological polar surface area (TPSA) is 27.7 Å². The van der Waals surface area contributed by atoms with Gasteiger partial charge in [0, 0.05) is 25.8 Å². The van der Waals surface area contributed by atoms with E-state index in [2.05, 4.69) is 47.1 Å². The number of hydrogen-bond donors (Lipinski definition) is 0. The lowest BCUT2D eigenvalue weighted by atomic mass is 9.90. The van der Waals surface area contributed by atoms with Gasteiger partial charge < -0.3 is 14.2 Å². The normalized spacial score (nSPS) is 13.3. The molecule has 0 amide bonds. The number of benzene rings is 1. The number of unbranched alkanes of at least 4 members (excludes halogenated alkanes) is 5. The van der Waals surface area contributed by atoms with Gasteiger partial charge in [-0.05, 0) is 24.1 Å². The molecule has 0 radical (unpaired) electrons. The van der Waals surface area contributed by atoms with Crippen LogP contribution >= 0.6 is 15.9 Å². The van der Waals surface area contributed by atoms with Gasteiger partial charge in [0.1, 0.15) is 0 Å². The molecule has 0 aliphatic heterocycles. The molecule has 1 rings (SSSR count). The molecule has 4 heteroatoms. The van der Waals surface area contributed by atoms with Crippen LogP contribution in [0.15, 0.2) is 28.7 Å². The summed E-state index contributed by atoms with van der Waals surface area (Å²) in [6, 6.07) is 8.32. The third kappa shape index (κ3) is 6.18. The fraction of sp³-hybridized carbons (Fsp3) is 0.684. The van der Waals surface area contributed by atoms with Gasteiger partial charge in [0.15, 0.2) is 0 Å². The van der Waals surface area contributed by atoms with Gasteiger partial charge in [-0.3, -0.25) is 0 Å². The van der Waals surface area contributed by atoms with Crippen LogP contribution in [0.5, 0.6) is 0 Å². The highest BCUT2D eigenvalue weighted by atomic mass is 79.9. The van der Waals surface area contributed by atoms with Crippen molar-refractivity contribution in [3.8, 4) is 0 Å². The van der Waals surface area contributed by atoms with Crippen molar-refractivity contribution in [1.29, 1.82) is 0 Å². The van der Waals surface area contributed by atoms with Crippen molar-refractivity contribution < 1.29 is 14.2 Å². The fourth-order valence-corrected chi connectivity index (χ4v) is 3.31. The molecule has 0 spiro atoms. The molecule has 0 aliphatic rings. The molecule has 0 aliphatic carbocycles. The van der Waals surface area contributed by atoms with E-state index in [1.165, 1.54) is 37.7 Å². The van der Waals surface area contributed by atoms with Crippen LogP contribution in [0.25, 0.3) is 0 Å². The largest absolute Gasteiger partial charge is 0.330 e. The maximum absolute atomic E-state index is 5.62. The van der Waals surface area contributed by atoms with Gasteiger partial charge in [0.25, 0.3) is 5.97 Å². The van der Waals surface area contributed by atoms with E-state index in [-0.39, 0.29) is 5.92 Å². The quantitative estimate of drug-likeness (QED) is 0.331. The van der Waals surface area contributed by atoms with E-state index >= 15 is 0 Å². The van der Waals surface area contributed by atoms with Crippen LogP contribution in [0.2, 0.25) is 0 Å². The van der Waals surface area contributed by atoms with Crippen molar-refractivity contribution >= 4 is 15.9 Å². The standard InChI is InChI=1S/C19H31BrO3/c1-5-6-7-8-9-10-11-18(19(21-2,22-3)23-4)16-12-14-17(20)15-13-16/h12-15,18H,5-11H2,1-4H3. The minimum atomic E-state index is -1.03. The van der Waals surface area contributed by atoms with Gasteiger partial charge in [-0.25, -0.2) is 0 Å². The summed E-state index contributed by atoms with van der Waals surface area (Å²) in [7, 11) is 4.92. The Hall–Kier alpha value is -0.420. The van der Waals surface area contributed by atoms with Crippen molar-refractivity contribution in [1.82, 2.24) is 0 Å². The van der Waals surface area contributed by atoms with Crippen molar-refractivity contribution in [2.45, 2.75) is 63.8 Å². The van der Waals surface area contributed by atoms with Crippen molar-refractivity contribution in [3.63, 3.8) is 0 Å². The van der Waals surface area contributed by atoms with Gasteiger partial charge in [-0.15, -0.1) is 0 Å². The molecule has 0 aromatic heterocycles. The summed E-state index contributed by atoms with van der Waals surface area (Å²) in [4.78, 5) is 0. The maximum atomic E-state index is 5.62. The SMILES string of the molecule is CCCCCCCCC(c1ccc(Br)cc1)C(OC)(OC)OC. The Bertz CT molecular complexity index is 407. The van der Waals surface area contributed by atoms with Gasteiger partial charge in [0.2, 0.25) is 0 Å². The summed E-state index contributed by atoms with van der Waals surface area (Å²) in [5, 5.41) is 0. The van der Waals surface area contributed by atoms with Gasteiger partial charge >= 0.3 is 0 Å². The highest BCUT2D eigenvalue weighted by Crippen LogP contribution is 2.37. The van der Waals surface area contributed by atoms with Crippen molar-refractivity contribution in [2.24, 2.45) is 0 Å². The number of ether oxygens (including phenoxy) is 3. The first kappa shape index (κ1) is 20.6. The predicted molar refractivity (Wildman–Crippen MR) is 98.6 cm³/mol. The Kier molecular flexibility index (Phi) is 10.0. The third-order valence-corrected chi connectivity index (χ3v) is 4.93. The lowest BCUT2D eigenvalue weighted by molar-refractivity contribution is -0.365. The lowest BCUT2D eigenvalue weighted by Gasteiger charge is -2.36. The Morgan fingerprint density at radius 3 is 1.91 bits per heavy atom. The van der Waals surface area contributed by atoms with Crippen LogP contribution < -0.4 is 0 Å². The second kappa shape index (κ2) is 11.2. The molecule has 1 aromatic rings. The minimum absolute atomic E-state index is 0.0433. The summed E-state index contributed by atoms with van der Waals surface area (Å²) in [6.07, 6.45) is 8.58. The molecule has 3 nitrogen and oxygen atoms in total. The molecule has 1 unspecified atom stereocenters. The molecule has 0 heterocycles.